The van der Waals surface area contributed by atoms with Crippen LogP contribution in [0.5, 0.6) is 11.5 Å². The minimum absolute atomic E-state index is 0.0543. The highest BCUT2D eigenvalue weighted by Gasteiger charge is 2.34. The van der Waals surface area contributed by atoms with Gasteiger partial charge in [0.2, 0.25) is 0 Å². The first-order chi connectivity index (χ1) is 22.4. The Bertz CT molecular complexity index is 1940. The van der Waals surface area contributed by atoms with Crippen LogP contribution in [0.2, 0.25) is 0 Å². The SMILES string of the molecule is COCCOc1cc2ncnc(-c3ccc(C4CCCn5c4c(C(N)=O)c(=O)n5-c4ccccc4F)nc3)c2cc1OCCOC. The maximum absolute atomic E-state index is 14.8. The molecule has 1 atom stereocenters. The van der Waals surface area contributed by atoms with Gasteiger partial charge in [0, 0.05) is 55.6 Å². The number of ether oxygens (including phenoxy) is 4. The van der Waals surface area contributed by atoms with Crippen LogP contribution in [0.15, 0.2) is 65.8 Å². The molecule has 6 rings (SSSR count). The summed E-state index contributed by atoms with van der Waals surface area (Å²) >= 11 is 0. The molecule has 3 aromatic heterocycles. The third-order valence-corrected chi connectivity index (χ3v) is 7.91. The van der Waals surface area contributed by atoms with E-state index in [1.165, 1.54) is 23.1 Å². The minimum Gasteiger partial charge on any atom is -0.487 e. The first kappa shape index (κ1) is 30.9. The number of para-hydroxylation sites is 1. The number of benzene rings is 2. The number of halogens is 1. The number of fused-ring (bicyclic) bond motifs is 2. The zero-order valence-corrected chi connectivity index (χ0v) is 25.4. The van der Waals surface area contributed by atoms with Crippen molar-refractivity contribution in [3.05, 3.63) is 94.2 Å². The topological polar surface area (TPSA) is 146 Å². The Labute approximate surface area is 263 Å². The lowest BCUT2D eigenvalue weighted by Crippen LogP contribution is -2.26. The average Bonchev–Trinajstić information content (AvgIpc) is 3.37. The van der Waals surface area contributed by atoms with Crippen molar-refractivity contribution in [2.24, 2.45) is 5.73 Å². The molecule has 0 spiro atoms. The summed E-state index contributed by atoms with van der Waals surface area (Å²) < 4.78 is 39.8. The van der Waals surface area contributed by atoms with Gasteiger partial charge in [0.05, 0.1) is 30.1 Å². The van der Waals surface area contributed by atoms with Crippen molar-refractivity contribution >= 4 is 16.8 Å². The van der Waals surface area contributed by atoms with E-state index in [9.17, 15) is 14.0 Å². The summed E-state index contributed by atoms with van der Waals surface area (Å²) in [7, 11) is 3.20. The summed E-state index contributed by atoms with van der Waals surface area (Å²) in [6.45, 7) is 1.88. The Balaban J connectivity index is 1.39. The Morgan fingerprint density at radius 2 is 1.72 bits per heavy atom. The molecule has 2 aromatic carbocycles. The summed E-state index contributed by atoms with van der Waals surface area (Å²) in [5, 5.41) is 0.730. The second-order valence-electron chi connectivity index (χ2n) is 10.7. The molecule has 1 aliphatic heterocycles. The van der Waals surface area contributed by atoms with E-state index in [0.717, 1.165) is 10.9 Å². The van der Waals surface area contributed by atoms with Crippen molar-refractivity contribution in [1.29, 1.82) is 0 Å². The zero-order chi connectivity index (χ0) is 32.2. The number of hydrogen-bond acceptors (Lipinski definition) is 9. The van der Waals surface area contributed by atoms with Gasteiger partial charge in [-0.3, -0.25) is 19.3 Å². The number of amides is 1. The smallest absolute Gasteiger partial charge is 0.284 e. The summed E-state index contributed by atoms with van der Waals surface area (Å²) in [6, 6.07) is 13.3. The number of carbonyl (C=O) groups is 1. The molecule has 46 heavy (non-hydrogen) atoms. The molecule has 0 fully saturated rings. The molecule has 0 saturated carbocycles. The van der Waals surface area contributed by atoms with Gasteiger partial charge in [-0.05, 0) is 43.2 Å². The van der Waals surface area contributed by atoms with Crippen LogP contribution in [0.25, 0.3) is 27.8 Å². The standard InChI is InChI=1S/C33H33FN6O6/c1-43-12-14-45-27-16-22-25(17-28(27)46-15-13-44-2)37-19-38-30(22)20-9-10-24(36-18-20)21-6-5-11-39-31(21)29(32(35)41)33(42)40(39)26-8-4-3-7-23(26)34/h3-4,7-10,16-19,21H,5-6,11-15H2,1-2H3,(H2,35,41). The Morgan fingerprint density at radius 1 is 0.978 bits per heavy atom. The lowest BCUT2D eigenvalue weighted by molar-refractivity contribution is 0.0997. The van der Waals surface area contributed by atoms with Gasteiger partial charge >= 0.3 is 0 Å². The van der Waals surface area contributed by atoms with E-state index in [-0.39, 0.29) is 11.3 Å². The number of carbonyl (C=O) groups excluding carboxylic acids is 1. The summed E-state index contributed by atoms with van der Waals surface area (Å²) in [4.78, 5) is 39.9. The maximum Gasteiger partial charge on any atom is 0.284 e. The van der Waals surface area contributed by atoms with E-state index in [4.69, 9.17) is 29.7 Å². The van der Waals surface area contributed by atoms with E-state index < -0.39 is 23.2 Å². The van der Waals surface area contributed by atoms with Crippen LogP contribution in [0.1, 0.15) is 40.5 Å². The molecule has 2 N–H and O–H groups in total. The van der Waals surface area contributed by atoms with Gasteiger partial charge < -0.3 is 24.7 Å². The van der Waals surface area contributed by atoms with E-state index in [2.05, 4.69) is 9.97 Å². The second-order valence-corrected chi connectivity index (χ2v) is 10.7. The average molecular weight is 629 g/mol. The fourth-order valence-corrected chi connectivity index (χ4v) is 5.84. The molecule has 238 valence electrons. The van der Waals surface area contributed by atoms with Gasteiger partial charge in [-0.25, -0.2) is 19.0 Å². The van der Waals surface area contributed by atoms with Crippen molar-refractivity contribution < 1.29 is 28.1 Å². The molecule has 4 heterocycles. The third-order valence-electron chi connectivity index (χ3n) is 7.91. The first-order valence-corrected chi connectivity index (χ1v) is 14.8. The highest BCUT2D eigenvalue weighted by Crippen LogP contribution is 2.38. The van der Waals surface area contributed by atoms with Crippen LogP contribution in [0, 0.1) is 5.82 Å². The molecule has 5 aromatic rings. The van der Waals surface area contributed by atoms with Crippen LogP contribution in [0.4, 0.5) is 4.39 Å². The Morgan fingerprint density at radius 3 is 2.39 bits per heavy atom. The monoisotopic (exact) mass is 628 g/mol. The quantitative estimate of drug-likeness (QED) is 0.204. The van der Waals surface area contributed by atoms with Gasteiger partial charge in [0.25, 0.3) is 11.5 Å². The molecule has 1 amide bonds. The number of nitrogens with zero attached hydrogens (tertiary/aromatic N) is 5. The number of primary amides is 1. The Hall–Kier alpha value is -5.14. The summed E-state index contributed by atoms with van der Waals surface area (Å²) in [5.41, 5.74) is 8.04. The van der Waals surface area contributed by atoms with Crippen molar-refractivity contribution in [3.63, 3.8) is 0 Å². The molecular weight excluding hydrogens is 595 g/mol. The van der Waals surface area contributed by atoms with Crippen LogP contribution in [-0.4, -0.2) is 70.9 Å². The normalized spacial score (nSPS) is 14.3. The fourth-order valence-electron chi connectivity index (χ4n) is 5.84. The van der Waals surface area contributed by atoms with E-state index in [0.29, 0.717) is 79.9 Å². The number of rotatable bonds is 12. The highest BCUT2D eigenvalue weighted by atomic mass is 19.1. The third kappa shape index (κ3) is 5.82. The molecule has 12 nitrogen and oxygen atoms in total. The van der Waals surface area contributed by atoms with Crippen LogP contribution >= 0.6 is 0 Å². The predicted octanol–water partition coefficient (Wildman–Crippen LogP) is 3.86. The summed E-state index contributed by atoms with van der Waals surface area (Å²) in [5.74, 6) is -0.826. The molecular formula is C33H33FN6O6. The lowest BCUT2D eigenvalue weighted by atomic mass is 9.89. The number of nitrogens with two attached hydrogens (primary N) is 1. The number of aromatic nitrogens is 5. The Kier molecular flexibility index (Phi) is 9.04. The molecule has 1 aliphatic rings. The van der Waals surface area contributed by atoms with Crippen LogP contribution < -0.4 is 20.8 Å². The van der Waals surface area contributed by atoms with Crippen LogP contribution in [-0.2, 0) is 16.0 Å². The largest absolute Gasteiger partial charge is 0.487 e. The van der Waals surface area contributed by atoms with Crippen LogP contribution in [0.3, 0.4) is 0 Å². The minimum atomic E-state index is -0.867. The van der Waals surface area contributed by atoms with Gasteiger partial charge in [0.15, 0.2) is 11.5 Å². The number of methoxy groups -OCH3 is 2. The zero-order valence-electron chi connectivity index (χ0n) is 25.4. The van der Waals surface area contributed by atoms with Gasteiger partial charge in [0.1, 0.15) is 36.6 Å². The van der Waals surface area contributed by atoms with Crippen molar-refractivity contribution in [2.75, 3.05) is 40.6 Å². The molecule has 13 heteroatoms. The van der Waals surface area contributed by atoms with Gasteiger partial charge in [-0.2, -0.15) is 0 Å². The van der Waals surface area contributed by atoms with E-state index in [1.807, 2.05) is 18.2 Å². The first-order valence-electron chi connectivity index (χ1n) is 14.8. The molecule has 1 unspecified atom stereocenters. The predicted molar refractivity (Wildman–Crippen MR) is 167 cm³/mol. The molecule has 0 saturated heterocycles. The molecule has 0 aliphatic carbocycles. The fraction of sp³-hybridized carbons (Fsp3) is 0.303. The molecule has 0 radical (unpaired) electrons. The summed E-state index contributed by atoms with van der Waals surface area (Å²) in [6.07, 6.45) is 4.47. The lowest BCUT2D eigenvalue weighted by Gasteiger charge is -2.26. The van der Waals surface area contributed by atoms with Gasteiger partial charge in [-0.1, -0.05) is 12.1 Å². The van der Waals surface area contributed by atoms with Gasteiger partial charge in [-0.15, -0.1) is 0 Å². The van der Waals surface area contributed by atoms with Crippen molar-refractivity contribution in [3.8, 4) is 28.4 Å². The van der Waals surface area contributed by atoms with E-state index in [1.54, 1.807) is 43.3 Å². The molecule has 0 bridgehead atoms. The number of pyridine rings is 1. The highest BCUT2D eigenvalue weighted by molar-refractivity contribution is 5.95. The number of hydrogen-bond donors (Lipinski definition) is 1. The second kappa shape index (κ2) is 13.5. The van der Waals surface area contributed by atoms with Crippen molar-refractivity contribution in [1.82, 2.24) is 24.3 Å². The van der Waals surface area contributed by atoms with Crippen molar-refractivity contribution in [2.45, 2.75) is 25.3 Å². The van der Waals surface area contributed by atoms with E-state index >= 15 is 0 Å². The maximum atomic E-state index is 14.8.